The van der Waals surface area contributed by atoms with Crippen LogP contribution in [-0.4, -0.2) is 20.3 Å². The van der Waals surface area contributed by atoms with Crippen molar-refractivity contribution in [3.63, 3.8) is 0 Å². The van der Waals surface area contributed by atoms with Crippen LogP contribution in [0.5, 0.6) is 0 Å². The van der Waals surface area contributed by atoms with Crippen molar-refractivity contribution in [3.8, 4) is 12.3 Å². The zero-order valence-corrected chi connectivity index (χ0v) is 15.3. The van der Waals surface area contributed by atoms with Gasteiger partial charge in [-0.2, -0.15) is 4.99 Å². The number of benzene rings is 2. The van der Waals surface area contributed by atoms with Crippen molar-refractivity contribution in [3.05, 3.63) is 72.6 Å². The number of non-ortho nitro benzene ring substituents is 1. The molecule has 3 aromatic rings. The largest absolute Gasteiger partial charge is 0.305 e. The summed E-state index contributed by atoms with van der Waals surface area (Å²) in [5, 5.41) is 22.1. The van der Waals surface area contributed by atoms with E-state index in [9.17, 15) is 25.0 Å². The fourth-order valence-corrected chi connectivity index (χ4v) is 3.66. The summed E-state index contributed by atoms with van der Waals surface area (Å²) in [5.41, 5.74) is 0.833. The lowest BCUT2D eigenvalue weighted by Gasteiger charge is -2.01. The Morgan fingerprint density at radius 3 is 2.61 bits per heavy atom. The van der Waals surface area contributed by atoms with E-state index in [0.717, 1.165) is 11.3 Å². The van der Waals surface area contributed by atoms with Gasteiger partial charge in [0.2, 0.25) is 0 Å². The fraction of sp³-hybridized carbons (Fsp3) is 0.111. The molecule has 1 amide bonds. The second-order valence-corrected chi connectivity index (χ2v) is 6.77. The van der Waals surface area contributed by atoms with Crippen LogP contribution < -0.4 is 4.80 Å². The van der Waals surface area contributed by atoms with E-state index in [1.54, 1.807) is 17.6 Å². The summed E-state index contributed by atoms with van der Waals surface area (Å²) in [6.45, 7) is 1.68. The molecule has 0 saturated carbocycles. The summed E-state index contributed by atoms with van der Waals surface area (Å²) >= 11 is 1.07. The minimum atomic E-state index is -0.671. The van der Waals surface area contributed by atoms with E-state index >= 15 is 0 Å². The van der Waals surface area contributed by atoms with Crippen LogP contribution in [0.2, 0.25) is 0 Å². The molecule has 0 unspecified atom stereocenters. The average molecular weight is 396 g/mol. The summed E-state index contributed by atoms with van der Waals surface area (Å²) in [5.74, 6) is 1.79. The molecule has 0 radical (unpaired) electrons. The summed E-state index contributed by atoms with van der Waals surface area (Å²) < 4.78 is 2.13. The number of thiazole rings is 1. The van der Waals surface area contributed by atoms with E-state index in [0.29, 0.717) is 15.8 Å². The number of carbonyl (C=O) groups excluding carboxylic acids is 1. The molecule has 1 aromatic heterocycles. The van der Waals surface area contributed by atoms with Gasteiger partial charge in [0.25, 0.3) is 17.3 Å². The normalized spacial score (nSPS) is 11.4. The van der Waals surface area contributed by atoms with E-state index in [2.05, 4.69) is 10.9 Å². The Morgan fingerprint density at radius 2 is 1.96 bits per heavy atom. The van der Waals surface area contributed by atoms with Crippen LogP contribution in [0.3, 0.4) is 0 Å². The van der Waals surface area contributed by atoms with Crippen LogP contribution in [0, 0.1) is 39.5 Å². The van der Waals surface area contributed by atoms with Gasteiger partial charge < -0.3 is 4.57 Å². The van der Waals surface area contributed by atoms with Crippen LogP contribution >= 0.6 is 11.3 Å². The van der Waals surface area contributed by atoms with Crippen molar-refractivity contribution in [1.29, 1.82) is 0 Å². The Hall–Kier alpha value is -3.84. The number of aromatic nitrogens is 1. The van der Waals surface area contributed by atoms with Crippen LogP contribution in [0.25, 0.3) is 10.2 Å². The molecule has 0 aliphatic rings. The summed E-state index contributed by atoms with van der Waals surface area (Å²) in [6, 6.07) is 8.37. The van der Waals surface area contributed by atoms with E-state index < -0.39 is 15.8 Å². The highest BCUT2D eigenvalue weighted by Gasteiger charge is 2.16. The number of fused-ring (bicyclic) bond motifs is 1. The maximum Gasteiger partial charge on any atom is 0.279 e. The van der Waals surface area contributed by atoms with Crippen LogP contribution in [-0.2, 0) is 6.54 Å². The number of rotatable bonds is 4. The number of nitro benzene ring substituents is 2. The molecule has 0 spiro atoms. The van der Waals surface area contributed by atoms with Crippen molar-refractivity contribution < 1.29 is 14.6 Å². The number of terminal acetylenes is 1. The molecular formula is C18H12N4O5S. The zero-order chi connectivity index (χ0) is 20.4. The highest BCUT2D eigenvalue weighted by Crippen LogP contribution is 2.24. The lowest BCUT2D eigenvalue weighted by atomic mass is 10.1. The maximum absolute atomic E-state index is 12.6. The lowest BCUT2D eigenvalue weighted by molar-refractivity contribution is -0.385. The zero-order valence-electron chi connectivity index (χ0n) is 14.5. The van der Waals surface area contributed by atoms with Gasteiger partial charge in [0.15, 0.2) is 4.80 Å². The molecule has 3 rings (SSSR count). The minimum absolute atomic E-state index is 0.0630. The van der Waals surface area contributed by atoms with Crippen molar-refractivity contribution >= 4 is 38.8 Å². The summed E-state index contributed by atoms with van der Waals surface area (Å²) in [4.78, 5) is 37.8. The molecule has 10 heteroatoms. The van der Waals surface area contributed by atoms with Gasteiger partial charge >= 0.3 is 0 Å². The number of amides is 1. The Morgan fingerprint density at radius 1 is 1.21 bits per heavy atom. The van der Waals surface area contributed by atoms with E-state index in [4.69, 9.17) is 6.42 Å². The summed E-state index contributed by atoms with van der Waals surface area (Å²) in [7, 11) is 0. The van der Waals surface area contributed by atoms with E-state index in [-0.39, 0.29) is 28.3 Å². The number of hydrogen-bond donors (Lipinski definition) is 0. The fourth-order valence-electron chi connectivity index (χ4n) is 2.60. The van der Waals surface area contributed by atoms with Gasteiger partial charge in [-0.1, -0.05) is 23.3 Å². The molecule has 0 bridgehead atoms. The molecule has 0 fully saturated rings. The van der Waals surface area contributed by atoms with Crippen molar-refractivity contribution in [2.75, 3.05) is 0 Å². The van der Waals surface area contributed by atoms with Crippen LogP contribution in [0.1, 0.15) is 15.9 Å². The number of nitrogens with zero attached hydrogens (tertiary/aromatic N) is 4. The second kappa shape index (κ2) is 7.42. The molecule has 2 aromatic carbocycles. The third kappa shape index (κ3) is 3.51. The van der Waals surface area contributed by atoms with Gasteiger partial charge in [-0.25, -0.2) is 0 Å². The molecule has 0 saturated heterocycles. The molecule has 9 nitrogen and oxygen atoms in total. The van der Waals surface area contributed by atoms with Crippen molar-refractivity contribution in [2.24, 2.45) is 4.99 Å². The first-order valence-corrected chi connectivity index (χ1v) is 8.69. The second-order valence-electron chi connectivity index (χ2n) is 5.76. The molecule has 0 aliphatic carbocycles. The predicted octanol–water partition coefficient (Wildman–Crippen LogP) is 3.20. The van der Waals surface area contributed by atoms with E-state index in [1.807, 2.05) is 0 Å². The predicted molar refractivity (Wildman–Crippen MR) is 103 cm³/mol. The first-order chi connectivity index (χ1) is 13.3. The third-order valence-electron chi connectivity index (χ3n) is 3.98. The smallest absolute Gasteiger partial charge is 0.279 e. The highest BCUT2D eigenvalue weighted by atomic mass is 32.1. The minimum Gasteiger partial charge on any atom is -0.305 e. The van der Waals surface area contributed by atoms with Crippen LogP contribution in [0.15, 0.2) is 41.4 Å². The molecule has 0 aliphatic heterocycles. The molecule has 28 heavy (non-hydrogen) atoms. The monoisotopic (exact) mass is 396 g/mol. The van der Waals surface area contributed by atoms with Gasteiger partial charge in [0, 0.05) is 29.3 Å². The maximum atomic E-state index is 12.6. The van der Waals surface area contributed by atoms with Gasteiger partial charge in [-0.05, 0) is 19.1 Å². The number of nitro groups is 2. The van der Waals surface area contributed by atoms with Crippen molar-refractivity contribution in [1.82, 2.24) is 4.57 Å². The molecule has 1 heterocycles. The molecule has 0 N–H and O–H groups in total. The summed E-state index contributed by atoms with van der Waals surface area (Å²) in [6.07, 6.45) is 5.39. The first kappa shape index (κ1) is 18.9. The van der Waals surface area contributed by atoms with Gasteiger partial charge in [-0.15, -0.1) is 6.42 Å². The Kier molecular flexibility index (Phi) is 5.02. The Labute approximate surface area is 161 Å². The Balaban J connectivity index is 2.15. The number of carbonyl (C=O) groups is 1. The van der Waals surface area contributed by atoms with Gasteiger partial charge in [0.05, 0.1) is 26.6 Å². The Bertz CT molecular complexity index is 1250. The van der Waals surface area contributed by atoms with Gasteiger partial charge in [0.1, 0.15) is 0 Å². The molecular weight excluding hydrogens is 384 g/mol. The quantitative estimate of drug-likeness (QED) is 0.381. The lowest BCUT2D eigenvalue weighted by Crippen LogP contribution is -2.16. The topological polar surface area (TPSA) is 121 Å². The molecule has 140 valence electrons. The van der Waals surface area contributed by atoms with Crippen molar-refractivity contribution in [2.45, 2.75) is 13.5 Å². The van der Waals surface area contributed by atoms with Crippen LogP contribution in [0.4, 0.5) is 11.4 Å². The third-order valence-corrected chi connectivity index (χ3v) is 5.02. The standard InChI is InChI=1S/C18H12N4O5S/c1-3-8-20-14-7-6-13(21(24)25)10-16(14)28-18(20)19-17(23)12-5-4-11(2)15(9-12)22(26)27/h1,4-7,9-10H,8H2,2H3. The number of aryl methyl sites for hydroxylation is 1. The van der Waals surface area contributed by atoms with Gasteiger partial charge in [-0.3, -0.25) is 25.0 Å². The first-order valence-electron chi connectivity index (χ1n) is 7.87. The molecule has 0 atom stereocenters. The SMILES string of the molecule is C#CCn1c(=NC(=O)c2ccc(C)c([N+](=O)[O-])c2)sc2cc([N+](=O)[O-])ccc21. The average Bonchev–Trinajstić information content (AvgIpc) is 2.98. The number of hydrogen-bond acceptors (Lipinski definition) is 6. The highest BCUT2D eigenvalue weighted by molar-refractivity contribution is 7.16. The van der Waals surface area contributed by atoms with E-state index in [1.165, 1.54) is 30.3 Å².